The molecule has 4 aliphatic carbocycles. The maximum absolute atomic E-state index is 6.23. The van der Waals surface area contributed by atoms with Crippen LogP contribution in [0.15, 0.2) is 0 Å². The molecule has 8 atom stereocenters. The largest absolute Gasteiger partial charge is 0.326 e. The lowest BCUT2D eigenvalue weighted by atomic mass is 9.68. The van der Waals surface area contributed by atoms with Gasteiger partial charge in [0, 0.05) is 12.1 Å². The van der Waals surface area contributed by atoms with Crippen molar-refractivity contribution in [3.63, 3.8) is 0 Å². The van der Waals surface area contributed by atoms with Crippen LogP contribution in [-0.4, -0.2) is 12.1 Å². The molecule has 0 amide bonds. The van der Waals surface area contributed by atoms with Gasteiger partial charge in [-0.25, -0.2) is 0 Å². The van der Waals surface area contributed by atoms with Crippen LogP contribution in [0, 0.1) is 35.5 Å². The van der Waals surface area contributed by atoms with E-state index in [1.165, 1.54) is 25.7 Å². The van der Waals surface area contributed by atoms with Gasteiger partial charge >= 0.3 is 0 Å². The molecule has 2 nitrogen and oxygen atoms in total. The Bertz CT molecular complexity index is 251. The van der Waals surface area contributed by atoms with Crippen LogP contribution in [0.5, 0.6) is 0 Å². The third-order valence-electron chi connectivity index (χ3n) is 6.01. The highest BCUT2D eigenvalue weighted by molar-refractivity contribution is 5.16. The first-order valence-corrected chi connectivity index (χ1v) is 6.28. The quantitative estimate of drug-likeness (QED) is 0.561. The Morgan fingerprint density at radius 2 is 1.21 bits per heavy atom. The maximum Gasteiger partial charge on any atom is 0.0226 e. The smallest absolute Gasteiger partial charge is 0.0226 e. The van der Waals surface area contributed by atoms with Crippen molar-refractivity contribution < 1.29 is 0 Å². The highest BCUT2D eigenvalue weighted by Crippen LogP contribution is 2.66. The fourth-order valence-corrected chi connectivity index (χ4v) is 5.68. The zero-order valence-electron chi connectivity index (χ0n) is 8.60. The van der Waals surface area contributed by atoms with Crippen molar-refractivity contribution in [2.24, 2.45) is 47.0 Å². The second kappa shape index (κ2) is 2.35. The van der Waals surface area contributed by atoms with Gasteiger partial charge in [0.15, 0.2) is 0 Å². The van der Waals surface area contributed by atoms with Gasteiger partial charge in [-0.2, -0.15) is 0 Å². The molecule has 0 aromatic rings. The Kier molecular flexibility index (Phi) is 1.37. The van der Waals surface area contributed by atoms with E-state index in [0.29, 0.717) is 12.1 Å². The lowest BCUT2D eigenvalue weighted by Crippen LogP contribution is -2.52. The summed E-state index contributed by atoms with van der Waals surface area (Å²) < 4.78 is 0. The van der Waals surface area contributed by atoms with Crippen molar-refractivity contribution in [1.82, 2.24) is 0 Å². The second-order valence-electron chi connectivity index (χ2n) is 6.21. The molecule has 0 aromatic heterocycles. The van der Waals surface area contributed by atoms with Gasteiger partial charge in [0.05, 0.1) is 0 Å². The molecule has 4 bridgehead atoms. The van der Waals surface area contributed by atoms with Crippen molar-refractivity contribution in [1.29, 1.82) is 0 Å². The molecule has 4 N–H and O–H groups in total. The van der Waals surface area contributed by atoms with E-state index in [2.05, 4.69) is 0 Å². The van der Waals surface area contributed by atoms with Gasteiger partial charge in [0.25, 0.3) is 0 Å². The predicted molar refractivity (Wildman–Crippen MR) is 55.4 cm³/mol. The van der Waals surface area contributed by atoms with Gasteiger partial charge in [-0.15, -0.1) is 0 Å². The first kappa shape index (κ1) is 8.12. The van der Waals surface area contributed by atoms with E-state index in [1.54, 1.807) is 0 Å². The number of nitrogens with two attached hydrogens (primary N) is 2. The topological polar surface area (TPSA) is 52.0 Å². The lowest BCUT2D eigenvalue weighted by molar-refractivity contribution is 0.117. The molecule has 0 heterocycles. The molecule has 2 heteroatoms. The minimum absolute atomic E-state index is 0.334. The lowest BCUT2D eigenvalue weighted by Gasteiger charge is -2.40. The Hall–Kier alpha value is -0.0800. The van der Waals surface area contributed by atoms with E-state index in [-0.39, 0.29) is 0 Å². The molecule has 4 fully saturated rings. The first-order chi connectivity index (χ1) is 6.77. The molecule has 0 radical (unpaired) electrons. The Balaban J connectivity index is 1.74. The zero-order chi connectivity index (χ0) is 9.45. The normalized spacial score (nSPS) is 69.0. The van der Waals surface area contributed by atoms with Crippen molar-refractivity contribution in [2.45, 2.75) is 37.8 Å². The fraction of sp³-hybridized carbons (Fsp3) is 1.00. The number of hydrogen-bond donors (Lipinski definition) is 2. The molecule has 4 aliphatic rings. The van der Waals surface area contributed by atoms with Crippen molar-refractivity contribution in [3.05, 3.63) is 0 Å². The molecule has 0 spiro atoms. The van der Waals surface area contributed by atoms with Crippen LogP contribution in [-0.2, 0) is 0 Å². The molecular weight excluding hydrogens is 172 g/mol. The minimum atomic E-state index is 0.334. The summed E-state index contributed by atoms with van der Waals surface area (Å²) in [4.78, 5) is 0. The average Bonchev–Trinajstić information content (AvgIpc) is 2.87. The molecule has 78 valence electrons. The van der Waals surface area contributed by atoms with Crippen molar-refractivity contribution in [3.8, 4) is 0 Å². The third-order valence-corrected chi connectivity index (χ3v) is 6.01. The van der Waals surface area contributed by atoms with Gasteiger partial charge in [0.1, 0.15) is 0 Å². The highest BCUT2D eigenvalue weighted by atomic mass is 14.9. The van der Waals surface area contributed by atoms with Crippen LogP contribution < -0.4 is 11.5 Å². The molecule has 0 aromatic carbocycles. The van der Waals surface area contributed by atoms with Crippen LogP contribution in [0.2, 0.25) is 0 Å². The fourth-order valence-electron chi connectivity index (χ4n) is 5.68. The van der Waals surface area contributed by atoms with Crippen molar-refractivity contribution in [2.75, 3.05) is 0 Å². The maximum atomic E-state index is 6.23. The summed E-state index contributed by atoms with van der Waals surface area (Å²) in [6.07, 6.45) is 5.88. The zero-order valence-corrected chi connectivity index (χ0v) is 8.60. The van der Waals surface area contributed by atoms with Crippen LogP contribution in [0.1, 0.15) is 25.7 Å². The molecule has 4 saturated carbocycles. The molecule has 4 rings (SSSR count). The third kappa shape index (κ3) is 0.704. The summed E-state index contributed by atoms with van der Waals surface area (Å²) in [6.45, 7) is 0. The molecule has 0 aliphatic heterocycles. The standard InChI is InChI=1S/C12H20N2/c13-11-7-4-8(12(11)14)10-6-2-1-5(3-6)9(7)10/h5-12H,1-4,13-14H2. The van der Waals surface area contributed by atoms with E-state index < -0.39 is 0 Å². The van der Waals surface area contributed by atoms with E-state index in [1.807, 2.05) is 0 Å². The molecular formula is C12H20N2. The van der Waals surface area contributed by atoms with Gasteiger partial charge in [0.2, 0.25) is 0 Å². The number of fused-ring (bicyclic) bond motifs is 9. The van der Waals surface area contributed by atoms with E-state index in [9.17, 15) is 0 Å². The Morgan fingerprint density at radius 1 is 0.714 bits per heavy atom. The van der Waals surface area contributed by atoms with Crippen molar-refractivity contribution >= 4 is 0 Å². The van der Waals surface area contributed by atoms with E-state index in [4.69, 9.17) is 11.5 Å². The Labute approximate surface area is 85.4 Å². The number of rotatable bonds is 0. The predicted octanol–water partition coefficient (Wildman–Crippen LogP) is 0.953. The van der Waals surface area contributed by atoms with E-state index >= 15 is 0 Å². The summed E-state index contributed by atoms with van der Waals surface area (Å²) in [7, 11) is 0. The summed E-state index contributed by atoms with van der Waals surface area (Å²) in [5, 5.41) is 0. The van der Waals surface area contributed by atoms with Crippen LogP contribution in [0.4, 0.5) is 0 Å². The van der Waals surface area contributed by atoms with Crippen LogP contribution in [0.3, 0.4) is 0 Å². The SMILES string of the molecule is NC1C(N)C2CC1C1C3CCC(C3)C21. The molecule has 0 saturated heterocycles. The van der Waals surface area contributed by atoms with Crippen LogP contribution >= 0.6 is 0 Å². The minimum Gasteiger partial charge on any atom is -0.326 e. The van der Waals surface area contributed by atoms with E-state index in [0.717, 1.165) is 35.5 Å². The monoisotopic (exact) mass is 192 g/mol. The number of hydrogen-bond acceptors (Lipinski definition) is 2. The molecule has 8 unspecified atom stereocenters. The summed E-state index contributed by atoms with van der Waals surface area (Å²) >= 11 is 0. The molecule has 14 heavy (non-hydrogen) atoms. The van der Waals surface area contributed by atoms with Gasteiger partial charge in [-0.05, 0) is 61.2 Å². The Morgan fingerprint density at radius 3 is 1.71 bits per heavy atom. The summed E-state index contributed by atoms with van der Waals surface area (Å²) in [5.41, 5.74) is 12.5. The second-order valence-corrected chi connectivity index (χ2v) is 6.21. The van der Waals surface area contributed by atoms with Gasteiger partial charge in [-0.1, -0.05) is 0 Å². The average molecular weight is 192 g/mol. The first-order valence-electron chi connectivity index (χ1n) is 6.28. The van der Waals surface area contributed by atoms with Crippen LogP contribution in [0.25, 0.3) is 0 Å². The van der Waals surface area contributed by atoms with Gasteiger partial charge in [-0.3, -0.25) is 0 Å². The van der Waals surface area contributed by atoms with Gasteiger partial charge < -0.3 is 11.5 Å². The highest BCUT2D eigenvalue weighted by Gasteiger charge is 2.64. The summed E-state index contributed by atoms with van der Waals surface area (Å²) in [5.74, 6) is 5.67. The summed E-state index contributed by atoms with van der Waals surface area (Å²) in [6, 6.07) is 0.668.